The second-order valence-corrected chi connectivity index (χ2v) is 10.3. The number of urea groups is 2. The Bertz CT molecular complexity index is 1410. The van der Waals surface area contributed by atoms with Crippen molar-refractivity contribution in [2.45, 2.75) is 37.9 Å². The number of anilines is 1. The third-order valence-electron chi connectivity index (χ3n) is 6.82. The molecule has 2 aromatic carbocycles. The molecule has 0 aliphatic carbocycles. The molecule has 0 bridgehead atoms. The molecule has 0 unspecified atom stereocenters. The first kappa shape index (κ1) is 25.1. The van der Waals surface area contributed by atoms with Gasteiger partial charge in [0.15, 0.2) is 5.58 Å². The van der Waals surface area contributed by atoms with Crippen molar-refractivity contribution in [1.82, 2.24) is 20.1 Å². The Morgan fingerprint density at radius 1 is 1.22 bits per heavy atom. The highest BCUT2D eigenvalue weighted by atomic mass is 127. The number of carbonyl (C=O) groups is 3. The molecule has 0 saturated carbocycles. The Kier molecular flexibility index (Phi) is 7.09. The summed E-state index contributed by atoms with van der Waals surface area (Å²) in [5.74, 6) is -1.13. The summed E-state index contributed by atoms with van der Waals surface area (Å²) < 4.78 is 10.8. The first-order valence-corrected chi connectivity index (χ1v) is 13.0. The van der Waals surface area contributed by atoms with Crippen molar-refractivity contribution >= 4 is 57.4 Å². The third-order valence-corrected chi connectivity index (χ3v) is 7.67. The molecule has 11 nitrogen and oxygen atoms in total. The zero-order chi connectivity index (χ0) is 26.1. The van der Waals surface area contributed by atoms with E-state index in [1.165, 1.54) is 7.11 Å². The topological polar surface area (TPSA) is 137 Å². The number of hydrogen-bond donors (Lipinski definition) is 3. The van der Waals surface area contributed by atoms with E-state index in [0.29, 0.717) is 49.1 Å². The normalized spacial score (nSPS) is 16.8. The highest BCUT2D eigenvalue weighted by Gasteiger charge is 2.33. The molecule has 3 N–H and O–H groups in total. The van der Waals surface area contributed by atoms with Crippen LogP contribution in [-0.2, 0) is 22.5 Å². The summed E-state index contributed by atoms with van der Waals surface area (Å²) in [6.07, 6.45) is 1.43. The van der Waals surface area contributed by atoms with Gasteiger partial charge >= 0.3 is 23.8 Å². The summed E-state index contributed by atoms with van der Waals surface area (Å²) in [6, 6.07) is 9.83. The number of esters is 1. The van der Waals surface area contributed by atoms with E-state index >= 15 is 0 Å². The molecule has 4 amide bonds. The molecule has 12 heteroatoms. The molecule has 1 aromatic heterocycles. The summed E-state index contributed by atoms with van der Waals surface area (Å²) in [7, 11) is 1.27. The van der Waals surface area contributed by atoms with Gasteiger partial charge in [-0.25, -0.2) is 19.2 Å². The van der Waals surface area contributed by atoms with Gasteiger partial charge in [-0.1, -0.05) is 18.2 Å². The van der Waals surface area contributed by atoms with Gasteiger partial charge in [0.05, 0.1) is 7.11 Å². The van der Waals surface area contributed by atoms with Gasteiger partial charge in [-0.15, -0.1) is 0 Å². The monoisotopic (exact) mass is 619 g/mol. The lowest BCUT2D eigenvalue weighted by atomic mass is 10.0. The molecule has 1 fully saturated rings. The number of rotatable bonds is 5. The first-order valence-electron chi connectivity index (χ1n) is 11.9. The number of amides is 4. The van der Waals surface area contributed by atoms with Gasteiger partial charge in [0.25, 0.3) is 0 Å². The lowest BCUT2D eigenvalue weighted by molar-refractivity contribution is -0.142. The van der Waals surface area contributed by atoms with Crippen molar-refractivity contribution in [3.8, 4) is 0 Å². The summed E-state index contributed by atoms with van der Waals surface area (Å²) in [5, 5.41) is 5.73. The van der Waals surface area contributed by atoms with Crippen LogP contribution in [0.15, 0.2) is 45.6 Å². The van der Waals surface area contributed by atoms with Crippen LogP contribution in [0, 0.1) is 3.57 Å². The van der Waals surface area contributed by atoms with Gasteiger partial charge < -0.3 is 29.6 Å². The number of halogens is 1. The average molecular weight is 619 g/mol. The number of methoxy groups -OCH3 is 1. The van der Waals surface area contributed by atoms with Gasteiger partial charge in [-0.2, -0.15) is 0 Å². The second-order valence-electron chi connectivity index (χ2n) is 9.13. The molecule has 37 heavy (non-hydrogen) atoms. The number of piperidine rings is 1. The minimum absolute atomic E-state index is 0.0126. The summed E-state index contributed by atoms with van der Waals surface area (Å²) >= 11 is 2.08. The number of hydrogen-bond acceptors (Lipinski definition) is 6. The fraction of sp³-hybridized carbons (Fsp3) is 0.360. The molecular formula is C25H26IN5O6. The zero-order valence-corrected chi connectivity index (χ0v) is 22.2. The van der Waals surface area contributed by atoms with Crippen LogP contribution in [-0.4, -0.2) is 65.1 Å². The SMILES string of the molecule is COC(=O)[C@@H](Cc1cc(I)c2[nH]c(=O)oc2c1)NC(=O)N1CCC(N2Cc3ccccc3NC2=O)CC1. The fourth-order valence-corrected chi connectivity index (χ4v) is 5.69. The Morgan fingerprint density at radius 2 is 1.97 bits per heavy atom. The molecule has 0 spiro atoms. The molecule has 194 valence electrons. The van der Waals surface area contributed by atoms with Crippen molar-refractivity contribution in [2.24, 2.45) is 0 Å². The molecule has 1 saturated heterocycles. The molecule has 3 aromatic rings. The highest BCUT2D eigenvalue weighted by molar-refractivity contribution is 14.1. The van der Waals surface area contributed by atoms with E-state index in [2.05, 4.69) is 38.2 Å². The quantitative estimate of drug-likeness (QED) is 0.297. The predicted molar refractivity (Wildman–Crippen MR) is 143 cm³/mol. The third kappa shape index (κ3) is 5.29. The van der Waals surface area contributed by atoms with Gasteiger partial charge in [0.2, 0.25) is 0 Å². The number of likely N-dealkylation sites (tertiary alicyclic amines) is 1. The van der Waals surface area contributed by atoms with E-state index in [-0.39, 0.29) is 24.5 Å². The van der Waals surface area contributed by atoms with Crippen molar-refractivity contribution in [1.29, 1.82) is 0 Å². The van der Waals surface area contributed by atoms with Gasteiger partial charge in [0.1, 0.15) is 11.6 Å². The molecule has 1 atom stereocenters. The van der Waals surface area contributed by atoms with E-state index in [9.17, 15) is 19.2 Å². The molecule has 2 aliphatic rings. The minimum Gasteiger partial charge on any atom is -0.467 e. The standard InChI is InChI=1S/C25H26IN5O6/c1-36-22(32)19(11-14-10-17(26)21-20(12-14)37-25(35)29-21)28-23(33)30-8-6-16(7-9-30)31-13-15-4-2-3-5-18(15)27-24(31)34/h2-5,10,12,16,19H,6-9,11,13H2,1H3,(H,27,34)(H,28,33)(H,29,35)/t19-/m1/s1. The minimum atomic E-state index is -0.918. The van der Waals surface area contributed by atoms with Crippen LogP contribution in [0.2, 0.25) is 0 Å². The number of oxazole rings is 1. The van der Waals surface area contributed by atoms with Crippen LogP contribution < -0.4 is 16.4 Å². The number of benzene rings is 2. The van der Waals surface area contributed by atoms with Crippen molar-refractivity contribution in [3.05, 3.63) is 61.6 Å². The maximum atomic E-state index is 13.1. The molecule has 3 heterocycles. The maximum absolute atomic E-state index is 13.1. The second kappa shape index (κ2) is 10.4. The smallest absolute Gasteiger partial charge is 0.417 e. The number of H-pyrrole nitrogens is 1. The van der Waals surface area contributed by atoms with Gasteiger partial charge in [-0.3, -0.25) is 4.98 Å². The number of ether oxygens (including phenoxy) is 1. The summed E-state index contributed by atoms with van der Waals surface area (Å²) in [4.78, 5) is 55.9. The van der Waals surface area contributed by atoms with Crippen molar-refractivity contribution < 1.29 is 23.5 Å². The molecular weight excluding hydrogens is 593 g/mol. The Hall–Kier alpha value is -3.55. The summed E-state index contributed by atoms with van der Waals surface area (Å²) in [6.45, 7) is 1.44. The van der Waals surface area contributed by atoms with Gasteiger partial charge in [-0.05, 0) is 64.8 Å². The summed E-state index contributed by atoms with van der Waals surface area (Å²) in [5.41, 5.74) is 3.58. The predicted octanol–water partition coefficient (Wildman–Crippen LogP) is 3.03. The molecule has 2 aliphatic heterocycles. The van der Waals surface area contributed by atoms with E-state index in [4.69, 9.17) is 9.15 Å². The van der Waals surface area contributed by atoms with E-state index in [0.717, 1.165) is 14.8 Å². The number of nitrogens with zero attached hydrogens (tertiary/aromatic N) is 2. The van der Waals surface area contributed by atoms with E-state index in [1.54, 1.807) is 11.0 Å². The van der Waals surface area contributed by atoms with Crippen molar-refractivity contribution in [3.63, 3.8) is 0 Å². The largest absolute Gasteiger partial charge is 0.467 e. The van der Waals surface area contributed by atoms with Crippen LogP contribution in [0.5, 0.6) is 0 Å². The average Bonchev–Trinajstić information content (AvgIpc) is 3.28. The number of para-hydroxylation sites is 1. The van der Waals surface area contributed by atoms with Crippen LogP contribution in [0.4, 0.5) is 15.3 Å². The van der Waals surface area contributed by atoms with Crippen LogP contribution in [0.3, 0.4) is 0 Å². The number of nitrogens with one attached hydrogen (secondary N) is 3. The molecule has 0 radical (unpaired) electrons. The molecule has 5 rings (SSSR count). The van der Waals surface area contributed by atoms with Crippen molar-refractivity contribution in [2.75, 3.05) is 25.5 Å². The number of aromatic amines is 1. The highest BCUT2D eigenvalue weighted by Crippen LogP contribution is 2.27. The Balaban J connectivity index is 1.22. The van der Waals surface area contributed by atoms with Crippen LogP contribution in [0.25, 0.3) is 11.1 Å². The zero-order valence-electron chi connectivity index (χ0n) is 20.1. The lowest BCUT2D eigenvalue weighted by Crippen LogP contribution is -2.54. The van der Waals surface area contributed by atoms with E-state index < -0.39 is 17.8 Å². The lowest BCUT2D eigenvalue weighted by Gasteiger charge is -2.40. The maximum Gasteiger partial charge on any atom is 0.417 e. The fourth-order valence-electron chi connectivity index (χ4n) is 4.89. The van der Waals surface area contributed by atoms with E-state index in [1.807, 2.05) is 35.2 Å². The van der Waals surface area contributed by atoms with Crippen LogP contribution in [0.1, 0.15) is 24.0 Å². The van der Waals surface area contributed by atoms with Crippen LogP contribution >= 0.6 is 22.6 Å². The Morgan fingerprint density at radius 3 is 2.73 bits per heavy atom. The Labute approximate surface area is 225 Å². The van der Waals surface area contributed by atoms with Gasteiger partial charge in [0, 0.05) is 41.4 Å². The number of aromatic nitrogens is 1. The number of fused-ring (bicyclic) bond motifs is 2. The first-order chi connectivity index (χ1) is 17.8. The number of carbonyl (C=O) groups excluding carboxylic acids is 3.